The summed E-state index contributed by atoms with van der Waals surface area (Å²) in [6.45, 7) is 6.39. The van der Waals surface area contributed by atoms with Crippen molar-refractivity contribution in [1.29, 1.82) is 0 Å². The average molecular weight is 252 g/mol. The lowest BCUT2D eigenvalue weighted by molar-refractivity contribution is 0.666. The van der Waals surface area contributed by atoms with E-state index in [2.05, 4.69) is 4.98 Å². The van der Waals surface area contributed by atoms with E-state index in [-0.39, 0.29) is 17.8 Å². The van der Waals surface area contributed by atoms with E-state index in [1.807, 2.05) is 0 Å². The van der Waals surface area contributed by atoms with Crippen molar-refractivity contribution in [2.75, 3.05) is 0 Å². The average Bonchev–Trinajstić information content (AvgIpc) is 2.61. The summed E-state index contributed by atoms with van der Waals surface area (Å²) < 4.78 is 3.89. The number of imidazole rings is 1. The minimum atomic E-state index is -0.481. The minimum Gasteiger partial charge on any atom is -0.291 e. The summed E-state index contributed by atoms with van der Waals surface area (Å²) in [6.07, 6.45) is 0. The second-order valence-electron chi connectivity index (χ2n) is 3.95. The number of aryl methyl sites for hydroxylation is 2. The highest BCUT2D eigenvalue weighted by atomic mass is 16.2. The summed E-state index contributed by atoms with van der Waals surface area (Å²) in [7, 11) is 0. The molecule has 2 heterocycles. The Morgan fingerprint density at radius 2 is 1.44 bits per heavy atom. The van der Waals surface area contributed by atoms with E-state index in [0.29, 0.717) is 18.7 Å². The number of aromatic nitrogens is 4. The first-order valence-electron chi connectivity index (χ1n) is 6.02. The molecule has 0 atom stereocenters. The van der Waals surface area contributed by atoms with Crippen molar-refractivity contribution in [1.82, 2.24) is 18.7 Å². The van der Waals surface area contributed by atoms with Crippen LogP contribution in [0, 0.1) is 0 Å². The number of aromatic amines is 1. The molecule has 1 N–H and O–H groups in total. The molecule has 0 fully saturated rings. The fourth-order valence-corrected chi connectivity index (χ4v) is 2.20. The van der Waals surface area contributed by atoms with Gasteiger partial charge in [0, 0.05) is 19.6 Å². The van der Waals surface area contributed by atoms with Crippen molar-refractivity contribution in [3.05, 3.63) is 31.3 Å². The number of nitrogens with zero attached hydrogens (tertiary/aromatic N) is 3. The van der Waals surface area contributed by atoms with Gasteiger partial charge in [-0.25, -0.2) is 9.59 Å². The highest BCUT2D eigenvalue weighted by Crippen LogP contribution is 2.03. The second-order valence-corrected chi connectivity index (χ2v) is 3.95. The summed E-state index contributed by atoms with van der Waals surface area (Å²) in [4.78, 5) is 38.6. The summed E-state index contributed by atoms with van der Waals surface area (Å²) in [5.41, 5.74) is -0.584. The number of H-pyrrole nitrogens is 1. The Hall–Kier alpha value is -2.05. The molecule has 0 radical (unpaired) electrons. The van der Waals surface area contributed by atoms with E-state index >= 15 is 0 Å². The smallest absolute Gasteiger partial charge is 0.291 e. The zero-order valence-electron chi connectivity index (χ0n) is 10.7. The summed E-state index contributed by atoms with van der Waals surface area (Å²) in [5, 5.41) is 0. The molecule has 2 rings (SSSR count). The van der Waals surface area contributed by atoms with Crippen molar-refractivity contribution in [3.8, 4) is 0 Å². The van der Waals surface area contributed by atoms with Gasteiger partial charge < -0.3 is 0 Å². The molecule has 0 aromatic carbocycles. The lowest BCUT2D eigenvalue weighted by atomic mass is 10.5. The van der Waals surface area contributed by atoms with Gasteiger partial charge in [0.15, 0.2) is 5.52 Å². The molecule has 0 aliphatic heterocycles. The van der Waals surface area contributed by atoms with Gasteiger partial charge in [-0.2, -0.15) is 0 Å². The fourth-order valence-electron chi connectivity index (χ4n) is 2.20. The SMILES string of the molecule is CCn1c(=O)[nH]c2c(c1=O)n(CC)c(=O)n2CC. The van der Waals surface area contributed by atoms with Crippen LogP contribution in [0.25, 0.3) is 11.2 Å². The normalized spacial score (nSPS) is 11.3. The largest absolute Gasteiger partial charge is 0.330 e. The molecular weight excluding hydrogens is 236 g/mol. The molecule has 0 aliphatic carbocycles. The molecular formula is C11H16N4O3. The van der Waals surface area contributed by atoms with Crippen LogP contribution >= 0.6 is 0 Å². The van der Waals surface area contributed by atoms with E-state index in [1.165, 1.54) is 9.13 Å². The first kappa shape index (κ1) is 12.4. The van der Waals surface area contributed by atoms with Crippen LogP contribution in [0.3, 0.4) is 0 Å². The number of nitrogens with one attached hydrogen (secondary N) is 1. The summed E-state index contributed by atoms with van der Waals surface area (Å²) >= 11 is 0. The maximum Gasteiger partial charge on any atom is 0.330 e. The predicted molar refractivity (Wildman–Crippen MR) is 68.1 cm³/mol. The number of hydrogen-bond acceptors (Lipinski definition) is 3. The standard InChI is InChI=1S/C11H16N4O3/c1-4-13-7-8(14(5-2)11(13)18)12-10(17)15(6-3)9(7)16/h4-6H2,1-3H3,(H,12,17). The van der Waals surface area contributed by atoms with Gasteiger partial charge in [0.25, 0.3) is 5.56 Å². The van der Waals surface area contributed by atoms with Crippen molar-refractivity contribution in [3.63, 3.8) is 0 Å². The molecule has 0 unspecified atom stereocenters. The second kappa shape index (κ2) is 4.32. The van der Waals surface area contributed by atoms with E-state index in [9.17, 15) is 14.4 Å². The quantitative estimate of drug-likeness (QED) is 0.815. The van der Waals surface area contributed by atoms with Gasteiger partial charge in [-0.15, -0.1) is 0 Å². The first-order valence-corrected chi connectivity index (χ1v) is 6.02. The molecule has 0 saturated heterocycles. The Morgan fingerprint density at radius 3 is 1.94 bits per heavy atom. The Morgan fingerprint density at radius 1 is 0.889 bits per heavy atom. The topological polar surface area (TPSA) is 81.8 Å². The van der Waals surface area contributed by atoms with Gasteiger partial charge in [0.05, 0.1) is 0 Å². The molecule has 7 heteroatoms. The van der Waals surface area contributed by atoms with E-state index < -0.39 is 11.2 Å². The third-order valence-corrected chi connectivity index (χ3v) is 3.09. The molecule has 2 aromatic rings. The maximum absolute atomic E-state index is 12.2. The van der Waals surface area contributed by atoms with Crippen LogP contribution in [0.15, 0.2) is 14.4 Å². The van der Waals surface area contributed by atoms with Crippen molar-refractivity contribution in [2.45, 2.75) is 40.4 Å². The first-order chi connectivity index (χ1) is 8.56. The van der Waals surface area contributed by atoms with Crippen LogP contribution < -0.4 is 16.9 Å². The van der Waals surface area contributed by atoms with Gasteiger partial charge in [0.2, 0.25) is 0 Å². The van der Waals surface area contributed by atoms with Gasteiger partial charge in [-0.05, 0) is 20.8 Å². The minimum absolute atomic E-state index is 0.267. The Balaban J connectivity index is 3.12. The Kier molecular flexibility index (Phi) is 2.98. The predicted octanol–water partition coefficient (Wildman–Crippen LogP) is -0.287. The Labute approximate surface area is 102 Å². The van der Waals surface area contributed by atoms with Crippen molar-refractivity contribution >= 4 is 11.2 Å². The fraction of sp³-hybridized carbons (Fsp3) is 0.545. The van der Waals surface area contributed by atoms with Gasteiger partial charge >= 0.3 is 11.4 Å². The molecule has 0 amide bonds. The maximum atomic E-state index is 12.2. The Bertz CT molecular complexity index is 759. The van der Waals surface area contributed by atoms with E-state index in [4.69, 9.17) is 0 Å². The third kappa shape index (κ3) is 1.47. The molecule has 0 spiro atoms. The third-order valence-electron chi connectivity index (χ3n) is 3.09. The highest BCUT2D eigenvalue weighted by molar-refractivity contribution is 5.70. The molecule has 0 aliphatic rings. The van der Waals surface area contributed by atoms with Crippen LogP contribution in [-0.4, -0.2) is 18.7 Å². The number of rotatable bonds is 3. The van der Waals surface area contributed by atoms with Crippen LogP contribution in [0.1, 0.15) is 20.8 Å². The summed E-state index contributed by atoms with van der Waals surface area (Å²) in [5.74, 6) is 0. The summed E-state index contributed by atoms with van der Waals surface area (Å²) in [6, 6.07) is 0. The van der Waals surface area contributed by atoms with E-state index in [0.717, 1.165) is 4.57 Å². The van der Waals surface area contributed by atoms with Crippen LogP contribution in [0.4, 0.5) is 0 Å². The van der Waals surface area contributed by atoms with Crippen LogP contribution in [0.2, 0.25) is 0 Å². The van der Waals surface area contributed by atoms with Crippen LogP contribution in [-0.2, 0) is 19.6 Å². The molecule has 2 aromatic heterocycles. The lowest BCUT2D eigenvalue weighted by Crippen LogP contribution is -2.35. The van der Waals surface area contributed by atoms with Crippen LogP contribution in [0.5, 0.6) is 0 Å². The van der Waals surface area contributed by atoms with Gasteiger partial charge in [-0.1, -0.05) is 0 Å². The lowest BCUT2D eigenvalue weighted by Gasteiger charge is -2.02. The van der Waals surface area contributed by atoms with Gasteiger partial charge in [0.1, 0.15) is 5.65 Å². The molecule has 98 valence electrons. The number of fused-ring (bicyclic) bond motifs is 1. The number of hydrogen-bond donors (Lipinski definition) is 1. The molecule has 7 nitrogen and oxygen atoms in total. The van der Waals surface area contributed by atoms with Gasteiger partial charge in [-0.3, -0.25) is 23.5 Å². The highest BCUT2D eigenvalue weighted by Gasteiger charge is 2.17. The van der Waals surface area contributed by atoms with E-state index in [1.54, 1.807) is 20.8 Å². The van der Waals surface area contributed by atoms with Crippen molar-refractivity contribution < 1.29 is 0 Å². The molecule has 0 bridgehead atoms. The molecule has 0 saturated carbocycles. The zero-order valence-corrected chi connectivity index (χ0v) is 10.7. The zero-order chi connectivity index (χ0) is 13.4. The van der Waals surface area contributed by atoms with Crippen molar-refractivity contribution in [2.24, 2.45) is 0 Å². The monoisotopic (exact) mass is 252 g/mol. The molecule has 18 heavy (non-hydrogen) atoms.